The summed E-state index contributed by atoms with van der Waals surface area (Å²) in [5, 5.41) is 2.84. The Kier molecular flexibility index (Phi) is 6.58. The van der Waals surface area contributed by atoms with Crippen LogP contribution < -0.4 is 10.1 Å². The number of ether oxygens (including phenoxy) is 1. The van der Waals surface area contributed by atoms with Gasteiger partial charge in [-0.1, -0.05) is 43.3 Å². The molecule has 3 aromatic carbocycles. The summed E-state index contributed by atoms with van der Waals surface area (Å²) in [5.74, 6) is 0.420. The molecule has 0 aromatic heterocycles. The van der Waals surface area contributed by atoms with Crippen molar-refractivity contribution in [1.29, 1.82) is 0 Å². The van der Waals surface area contributed by atoms with Crippen molar-refractivity contribution in [2.45, 2.75) is 20.3 Å². The molecule has 0 heterocycles. The van der Waals surface area contributed by atoms with Gasteiger partial charge in [-0.3, -0.25) is 9.79 Å². The van der Waals surface area contributed by atoms with Gasteiger partial charge in [0.15, 0.2) is 6.61 Å². The van der Waals surface area contributed by atoms with E-state index in [9.17, 15) is 4.79 Å². The summed E-state index contributed by atoms with van der Waals surface area (Å²) in [6.45, 7) is 4.04. The molecule has 0 fully saturated rings. The minimum Gasteiger partial charge on any atom is -0.483 e. The van der Waals surface area contributed by atoms with Crippen molar-refractivity contribution in [3.8, 4) is 5.75 Å². The Balaban J connectivity index is 1.63. The zero-order chi connectivity index (χ0) is 19.8. The average Bonchev–Trinajstić information content (AvgIpc) is 2.71. The molecule has 3 rings (SSSR count). The van der Waals surface area contributed by atoms with Crippen LogP contribution >= 0.6 is 0 Å². The highest BCUT2D eigenvalue weighted by Gasteiger charge is 2.06. The summed E-state index contributed by atoms with van der Waals surface area (Å²) in [6, 6.07) is 23.3. The normalized spacial score (nSPS) is 10.8. The van der Waals surface area contributed by atoms with Gasteiger partial charge in [0.05, 0.1) is 5.69 Å². The standard InChI is InChI=1S/C24H24N2O2/c1-3-19-11-13-21(14-12-19)25-16-20-8-4-5-10-23(20)28-17-24(27)26-22-9-6-7-18(2)15-22/h4-16H,3,17H2,1-2H3,(H,26,27). The largest absolute Gasteiger partial charge is 0.483 e. The van der Waals surface area contributed by atoms with Gasteiger partial charge in [0, 0.05) is 17.5 Å². The Morgan fingerprint density at radius 2 is 1.82 bits per heavy atom. The third kappa shape index (κ3) is 5.55. The van der Waals surface area contributed by atoms with Crippen molar-refractivity contribution in [2.75, 3.05) is 11.9 Å². The van der Waals surface area contributed by atoms with Crippen LogP contribution in [-0.2, 0) is 11.2 Å². The highest BCUT2D eigenvalue weighted by molar-refractivity contribution is 5.92. The maximum atomic E-state index is 12.2. The number of benzene rings is 3. The first kappa shape index (κ1) is 19.4. The van der Waals surface area contributed by atoms with Gasteiger partial charge in [0.1, 0.15) is 5.75 Å². The molecule has 0 unspecified atom stereocenters. The van der Waals surface area contributed by atoms with Crippen LogP contribution in [0.15, 0.2) is 77.8 Å². The van der Waals surface area contributed by atoms with E-state index < -0.39 is 0 Å². The Labute approximate surface area is 165 Å². The lowest BCUT2D eigenvalue weighted by Gasteiger charge is -2.10. The van der Waals surface area contributed by atoms with Crippen molar-refractivity contribution in [3.63, 3.8) is 0 Å². The number of anilines is 1. The lowest BCUT2D eigenvalue weighted by molar-refractivity contribution is -0.118. The molecule has 3 aromatic rings. The highest BCUT2D eigenvalue weighted by atomic mass is 16.5. The second-order valence-corrected chi connectivity index (χ2v) is 6.52. The number of carbonyl (C=O) groups is 1. The molecule has 0 radical (unpaired) electrons. The Bertz CT molecular complexity index is 962. The predicted molar refractivity (Wildman–Crippen MR) is 115 cm³/mol. The van der Waals surface area contributed by atoms with E-state index in [1.54, 1.807) is 6.21 Å². The van der Waals surface area contributed by atoms with Crippen molar-refractivity contribution >= 4 is 23.5 Å². The maximum absolute atomic E-state index is 12.2. The number of rotatable bonds is 7. The molecule has 4 nitrogen and oxygen atoms in total. The molecule has 0 atom stereocenters. The molecule has 0 saturated heterocycles. The summed E-state index contributed by atoms with van der Waals surface area (Å²) < 4.78 is 5.72. The monoisotopic (exact) mass is 372 g/mol. The van der Waals surface area contributed by atoms with E-state index in [0.717, 1.165) is 28.9 Å². The third-order valence-corrected chi connectivity index (χ3v) is 4.28. The van der Waals surface area contributed by atoms with Crippen LogP contribution in [0.3, 0.4) is 0 Å². The van der Waals surface area contributed by atoms with Crippen molar-refractivity contribution in [2.24, 2.45) is 4.99 Å². The van der Waals surface area contributed by atoms with E-state index >= 15 is 0 Å². The maximum Gasteiger partial charge on any atom is 0.262 e. The van der Waals surface area contributed by atoms with Gasteiger partial charge in [0.25, 0.3) is 5.91 Å². The van der Waals surface area contributed by atoms with Crippen LogP contribution in [0.5, 0.6) is 5.75 Å². The second-order valence-electron chi connectivity index (χ2n) is 6.52. The topological polar surface area (TPSA) is 50.7 Å². The zero-order valence-electron chi connectivity index (χ0n) is 16.2. The van der Waals surface area contributed by atoms with Crippen molar-refractivity contribution in [1.82, 2.24) is 0 Å². The molecule has 1 N–H and O–H groups in total. The number of carbonyl (C=O) groups excluding carboxylic acids is 1. The fourth-order valence-corrected chi connectivity index (χ4v) is 2.74. The van der Waals surface area contributed by atoms with Crippen LogP contribution in [0, 0.1) is 6.92 Å². The number of aliphatic imine (C=N–C) groups is 1. The fraction of sp³-hybridized carbons (Fsp3) is 0.167. The molecule has 0 aliphatic rings. The van der Waals surface area contributed by atoms with Gasteiger partial charge in [0.2, 0.25) is 0 Å². The van der Waals surface area contributed by atoms with Crippen LogP contribution in [0.25, 0.3) is 0 Å². The molecular weight excluding hydrogens is 348 g/mol. The lowest BCUT2D eigenvalue weighted by atomic mass is 10.1. The summed E-state index contributed by atoms with van der Waals surface area (Å²) >= 11 is 0. The number of hydrogen-bond acceptors (Lipinski definition) is 3. The first-order valence-corrected chi connectivity index (χ1v) is 9.35. The van der Waals surface area contributed by atoms with Gasteiger partial charge < -0.3 is 10.1 Å². The van der Waals surface area contributed by atoms with Gasteiger partial charge in [-0.15, -0.1) is 0 Å². The van der Waals surface area contributed by atoms with Gasteiger partial charge in [-0.2, -0.15) is 0 Å². The number of amides is 1. The quantitative estimate of drug-likeness (QED) is 0.570. The van der Waals surface area contributed by atoms with Crippen LogP contribution in [0.4, 0.5) is 11.4 Å². The van der Waals surface area contributed by atoms with Gasteiger partial charge >= 0.3 is 0 Å². The number of nitrogens with zero attached hydrogens (tertiary/aromatic N) is 1. The number of hydrogen-bond donors (Lipinski definition) is 1. The molecule has 0 bridgehead atoms. The van der Waals surface area contributed by atoms with E-state index in [0.29, 0.717) is 5.75 Å². The minimum absolute atomic E-state index is 0.0655. The SMILES string of the molecule is CCc1ccc(N=Cc2ccccc2OCC(=O)Nc2cccc(C)c2)cc1. The van der Waals surface area contributed by atoms with E-state index in [2.05, 4.69) is 29.4 Å². The van der Waals surface area contributed by atoms with Gasteiger partial charge in [-0.05, 0) is 60.9 Å². The van der Waals surface area contributed by atoms with E-state index in [1.807, 2.05) is 67.6 Å². The summed E-state index contributed by atoms with van der Waals surface area (Å²) in [6.07, 6.45) is 2.76. The highest BCUT2D eigenvalue weighted by Crippen LogP contribution is 2.19. The molecule has 0 saturated carbocycles. The van der Waals surface area contributed by atoms with Crippen LogP contribution in [0.2, 0.25) is 0 Å². The van der Waals surface area contributed by atoms with Crippen LogP contribution in [-0.4, -0.2) is 18.7 Å². The van der Waals surface area contributed by atoms with Crippen LogP contribution in [0.1, 0.15) is 23.6 Å². The number of para-hydroxylation sites is 1. The number of aryl methyl sites for hydroxylation is 2. The van der Waals surface area contributed by atoms with Crippen molar-refractivity contribution < 1.29 is 9.53 Å². The first-order valence-electron chi connectivity index (χ1n) is 9.35. The first-order chi connectivity index (χ1) is 13.6. The molecule has 1 amide bonds. The molecule has 142 valence electrons. The Morgan fingerprint density at radius 3 is 2.57 bits per heavy atom. The lowest BCUT2D eigenvalue weighted by Crippen LogP contribution is -2.20. The number of nitrogens with one attached hydrogen (secondary N) is 1. The third-order valence-electron chi connectivity index (χ3n) is 4.28. The fourth-order valence-electron chi connectivity index (χ4n) is 2.74. The second kappa shape index (κ2) is 9.51. The zero-order valence-corrected chi connectivity index (χ0v) is 16.2. The Morgan fingerprint density at radius 1 is 1.04 bits per heavy atom. The van der Waals surface area contributed by atoms with Gasteiger partial charge in [-0.25, -0.2) is 0 Å². The van der Waals surface area contributed by atoms with E-state index in [4.69, 9.17) is 4.74 Å². The average molecular weight is 372 g/mol. The predicted octanol–water partition coefficient (Wildman–Crippen LogP) is 5.33. The molecule has 0 aliphatic heterocycles. The smallest absolute Gasteiger partial charge is 0.262 e. The molecular formula is C24H24N2O2. The molecule has 28 heavy (non-hydrogen) atoms. The van der Waals surface area contributed by atoms with Crippen molar-refractivity contribution in [3.05, 3.63) is 89.5 Å². The molecule has 0 spiro atoms. The summed E-state index contributed by atoms with van der Waals surface area (Å²) in [4.78, 5) is 16.7. The Hall–Kier alpha value is -3.40. The van der Waals surface area contributed by atoms with E-state index in [-0.39, 0.29) is 12.5 Å². The molecule has 4 heteroatoms. The minimum atomic E-state index is -0.201. The molecule has 0 aliphatic carbocycles. The summed E-state index contributed by atoms with van der Waals surface area (Å²) in [5.41, 5.74) is 4.84. The van der Waals surface area contributed by atoms with E-state index in [1.165, 1.54) is 5.56 Å². The summed E-state index contributed by atoms with van der Waals surface area (Å²) in [7, 11) is 0.